The molecule has 1 aromatic carbocycles. The third-order valence-electron chi connectivity index (χ3n) is 2.68. The Bertz CT molecular complexity index is 542. The monoisotopic (exact) mass is 303 g/mol. The highest BCUT2D eigenvalue weighted by Gasteiger charge is 2.15. The van der Waals surface area contributed by atoms with E-state index in [1.54, 1.807) is 6.92 Å². The molecule has 0 amide bonds. The van der Waals surface area contributed by atoms with Gasteiger partial charge in [0.2, 0.25) is 10.0 Å². The van der Waals surface area contributed by atoms with E-state index in [0.29, 0.717) is 18.4 Å². The van der Waals surface area contributed by atoms with Crippen molar-refractivity contribution < 1.29 is 22.7 Å². The normalized spacial score (nSPS) is 13.1. The van der Waals surface area contributed by atoms with Crippen LogP contribution in [0.15, 0.2) is 24.3 Å². The molecule has 0 spiro atoms. The van der Waals surface area contributed by atoms with Gasteiger partial charge in [0, 0.05) is 12.5 Å². The standard InChI is InChI=1S/C13H18FNO4S/c1-10(3-2-4-13(16)17)15-20(18,19)9-11-5-7-12(14)8-6-11/h5-8,10,15H,2-4,9H2,1H3,(H,16,17). The molecule has 112 valence electrons. The van der Waals surface area contributed by atoms with Crippen molar-refractivity contribution in [2.45, 2.75) is 38.0 Å². The predicted octanol–water partition coefficient (Wildman–Crippen LogP) is 1.89. The fourth-order valence-electron chi connectivity index (χ4n) is 1.77. The molecular formula is C13H18FNO4S. The number of halogens is 1. The van der Waals surface area contributed by atoms with Gasteiger partial charge in [0.1, 0.15) is 5.82 Å². The number of hydrogen-bond acceptors (Lipinski definition) is 3. The highest BCUT2D eigenvalue weighted by atomic mass is 32.2. The molecule has 1 aromatic rings. The van der Waals surface area contributed by atoms with E-state index in [0.717, 1.165) is 0 Å². The van der Waals surface area contributed by atoms with E-state index >= 15 is 0 Å². The fraction of sp³-hybridized carbons (Fsp3) is 0.462. The van der Waals surface area contributed by atoms with E-state index in [9.17, 15) is 17.6 Å². The van der Waals surface area contributed by atoms with Crippen LogP contribution in [-0.4, -0.2) is 25.5 Å². The Morgan fingerprint density at radius 3 is 2.50 bits per heavy atom. The summed E-state index contributed by atoms with van der Waals surface area (Å²) in [6.07, 6.45) is 0.883. The lowest BCUT2D eigenvalue weighted by Crippen LogP contribution is -2.33. The maximum Gasteiger partial charge on any atom is 0.303 e. The first-order valence-corrected chi connectivity index (χ1v) is 7.90. The van der Waals surface area contributed by atoms with Crippen molar-refractivity contribution >= 4 is 16.0 Å². The van der Waals surface area contributed by atoms with Crippen molar-refractivity contribution in [2.24, 2.45) is 0 Å². The lowest BCUT2D eigenvalue weighted by Gasteiger charge is -2.13. The van der Waals surface area contributed by atoms with Crippen LogP contribution in [0, 0.1) is 5.82 Å². The summed E-state index contributed by atoms with van der Waals surface area (Å²) in [7, 11) is -3.52. The Balaban J connectivity index is 2.48. The zero-order valence-electron chi connectivity index (χ0n) is 11.2. The molecule has 7 heteroatoms. The molecule has 1 unspecified atom stereocenters. The van der Waals surface area contributed by atoms with Crippen LogP contribution < -0.4 is 4.72 Å². The predicted molar refractivity (Wildman–Crippen MR) is 73.1 cm³/mol. The molecule has 0 fully saturated rings. The Morgan fingerprint density at radius 2 is 1.95 bits per heavy atom. The van der Waals surface area contributed by atoms with Crippen molar-refractivity contribution in [1.82, 2.24) is 4.72 Å². The number of carboxylic acids is 1. The van der Waals surface area contributed by atoms with Crippen molar-refractivity contribution in [2.75, 3.05) is 0 Å². The van der Waals surface area contributed by atoms with E-state index in [2.05, 4.69) is 4.72 Å². The minimum absolute atomic E-state index is 0.0179. The smallest absolute Gasteiger partial charge is 0.303 e. The summed E-state index contributed by atoms with van der Waals surface area (Å²) in [5, 5.41) is 8.51. The zero-order valence-corrected chi connectivity index (χ0v) is 12.0. The van der Waals surface area contributed by atoms with Crippen molar-refractivity contribution in [1.29, 1.82) is 0 Å². The Labute approximate surface area is 117 Å². The number of carbonyl (C=O) groups is 1. The highest BCUT2D eigenvalue weighted by molar-refractivity contribution is 7.88. The van der Waals surface area contributed by atoms with Crippen LogP contribution >= 0.6 is 0 Å². The molecule has 2 N–H and O–H groups in total. The molecule has 0 aliphatic carbocycles. The van der Waals surface area contributed by atoms with Crippen LogP contribution in [0.25, 0.3) is 0 Å². The first-order valence-electron chi connectivity index (χ1n) is 6.25. The second kappa shape index (κ2) is 7.35. The average Bonchev–Trinajstić information content (AvgIpc) is 2.30. The quantitative estimate of drug-likeness (QED) is 0.768. The number of sulfonamides is 1. The molecule has 0 radical (unpaired) electrons. The van der Waals surface area contributed by atoms with E-state index < -0.39 is 21.8 Å². The largest absolute Gasteiger partial charge is 0.481 e. The van der Waals surface area contributed by atoms with Crippen LogP contribution in [0.4, 0.5) is 4.39 Å². The lowest BCUT2D eigenvalue weighted by molar-refractivity contribution is -0.137. The molecule has 0 saturated carbocycles. The van der Waals surface area contributed by atoms with Crippen molar-refractivity contribution in [3.63, 3.8) is 0 Å². The fourth-order valence-corrected chi connectivity index (χ4v) is 3.21. The van der Waals surface area contributed by atoms with Crippen LogP contribution in [0.1, 0.15) is 31.7 Å². The third kappa shape index (κ3) is 6.63. The first kappa shape index (κ1) is 16.6. The van der Waals surface area contributed by atoms with Crippen LogP contribution in [0.3, 0.4) is 0 Å². The average molecular weight is 303 g/mol. The van der Waals surface area contributed by atoms with Gasteiger partial charge in [-0.15, -0.1) is 0 Å². The van der Waals surface area contributed by atoms with Gasteiger partial charge >= 0.3 is 5.97 Å². The SMILES string of the molecule is CC(CCCC(=O)O)NS(=O)(=O)Cc1ccc(F)cc1. The van der Waals surface area contributed by atoms with E-state index in [-0.39, 0.29) is 18.2 Å². The second-order valence-corrected chi connectivity index (χ2v) is 6.44. The van der Waals surface area contributed by atoms with Gasteiger partial charge in [0.15, 0.2) is 0 Å². The number of nitrogens with one attached hydrogen (secondary N) is 1. The number of aliphatic carboxylic acids is 1. The molecule has 1 atom stereocenters. The molecule has 0 heterocycles. The summed E-state index contributed by atoms with van der Waals surface area (Å²) in [5.74, 6) is -1.54. The van der Waals surface area contributed by atoms with E-state index in [4.69, 9.17) is 5.11 Å². The third-order valence-corrected chi connectivity index (χ3v) is 4.15. The number of rotatable bonds is 8. The van der Waals surface area contributed by atoms with Gasteiger partial charge in [-0.05, 0) is 37.5 Å². The van der Waals surface area contributed by atoms with E-state index in [1.165, 1.54) is 24.3 Å². The van der Waals surface area contributed by atoms with Crippen molar-refractivity contribution in [3.05, 3.63) is 35.6 Å². The summed E-state index contributed by atoms with van der Waals surface area (Å²) in [4.78, 5) is 10.4. The van der Waals surface area contributed by atoms with Gasteiger partial charge in [0.05, 0.1) is 5.75 Å². The van der Waals surface area contributed by atoms with Gasteiger partial charge in [0.25, 0.3) is 0 Å². The molecule has 0 bridgehead atoms. The molecular weight excluding hydrogens is 285 g/mol. The van der Waals surface area contributed by atoms with Gasteiger partial charge in [-0.2, -0.15) is 0 Å². The molecule has 20 heavy (non-hydrogen) atoms. The molecule has 5 nitrogen and oxygen atoms in total. The molecule has 0 aliphatic heterocycles. The molecule has 0 aromatic heterocycles. The van der Waals surface area contributed by atoms with Crippen LogP contribution in [0.2, 0.25) is 0 Å². The Hall–Kier alpha value is -1.47. The molecule has 0 saturated heterocycles. The summed E-state index contributed by atoms with van der Waals surface area (Å²) in [6, 6.07) is 4.93. The zero-order chi connectivity index (χ0) is 15.2. The second-order valence-electron chi connectivity index (χ2n) is 4.69. The van der Waals surface area contributed by atoms with Gasteiger partial charge in [-0.3, -0.25) is 4.79 Å². The number of benzene rings is 1. The summed E-state index contributed by atoms with van der Waals surface area (Å²) in [5.41, 5.74) is 0.497. The number of carboxylic acid groups (broad SMARTS) is 1. The summed E-state index contributed by atoms with van der Waals surface area (Å²) in [6.45, 7) is 1.68. The molecule has 1 rings (SSSR count). The van der Waals surface area contributed by atoms with Crippen LogP contribution in [-0.2, 0) is 20.6 Å². The number of hydrogen-bond donors (Lipinski definition) is 2. The topological polar surface area (TPSA) is 83.5 Å². The van der Waals surface area contributed by atoms with Crippen molar-refractivity contribution in [3.8, 4) is 0 Å². The maximum atomic E-state index is 12.7. The van der Waals surface area contributed by atoms with E-state index in [1.807, 2.05) is 0 Å². The molecule has 0 aliphatic rings. The van der Waals surface area contributed by atoms with Gasteiger partial charge in [-0.25, -0.2) is 17.5 Å². The van der Waals surface area contributed by atoms with Gasteiger partial charge < -0.3 is 5.11 Å². The Morgan fingerprint density at radius 1 is 1.35 bits per heavy atom. The minimum atomic E-state index is -3.52. The maximum absolute atomic E-state index is 12.7. The summed E-state index contributed by atoms with van der Waals surface area (Å²) >= 11 is 0. The highest BCUT2D eigenvalue weighted by Crippen LogP contribution is 2.08. The lowest BCUT2D eigenvalue weighted by atomic mass is 10.1. The van der Waals surface area contributed by atoms with Crippen LogP contribution in [0.5, 0.6) is 0 Å². The first-order chi connectivity index (χ1) is 9.28. The minimum Gasteiger partial charge on any atom is -0.481 e. The van der Waals surface area contributed by atoms with Gasteiger partial charge in [-0.1, -0.05) is 12.1 Å². The Kier molecular flexibility index (Phi) is 6.09. The summed E-state index contributed by atoms with van der Waals surface area (Å²) < 4.78 is 38.9.